The molecule has 0 fully saturated rings. The molecule has 1 aromatic heterocycles. The number of aromatic nitrogens is 2. The van der Waals surface area contributed by atoms with Crippen LogP contribution in [-0.2, 0) is 4.79 Å². The summed E-state index contributed by atoms with van der Waals surface area (Å²) in [5, 5.41) is 5.63. The lowest BCUT2D eigenvalue weighted by molar-refractivity contribution is -0.121. The van der Waals surface area contributed by atoms with Crippen molar-refractivity contribution in [1.29, 1.82) is 0 Å². The van der Waals surface area contributed by atoms with Gasteiger partial charge in [-0.15, -0.1) is 6.42 Å². The molecule has 6 heteroatoms. The fraction of sp³-hybridized carbons (Fsp3) is 0.231. The summed E-state index contributed by atoms with van der Waals surface area (Å²) in [7, 11) is 0. The number of rotatable bonds is 4. The Hall–Kier alpha value is -2.68. The number of imidazole rings is 1. The molecular formula is C13H14N4O2. The van der Waals surface area contributed by atoms with Crippen LogP contribution in [0, 0.1) is 12.3 Å². The summed E-state index contributed by atoms with van der Waals surface area (Å²) in [5.74, 6) is 2.16. The summed E-state index contributed by atoms with van der Waals surface area (Å²) in [6.45, 7) is 1.94. The van der Waals surface area contributed by atoms with E-state index in [1.165, 1.54) is 0 Å². The van der Waals surface area contributed by atoms with Gasteiger partial charge in [0, 0.05) is 5.69 Å². The predicted octanol–water partition coefficient (Wildman–Crippen LogP) is 0.406. The van der Waals surface area contributed by atoms with E-state index >= 15 is 0 Å². The second-order valence-corrected chi connectivity index (χ2v) is 4.13. The number of anilines is 1. The maximum absolute atomic E-state index is 11.6. The molecule has 0 spiro atoms. The molecule has 0 saturated carbocycles. The Morgan fingerprint density at radius 3 is 2.89 bits per heavy atom. The molecule has 0 aliphatic carbocycles. The van der Waals surface area contributed by atoms with Gasteiger partial charge in [0.15, 0.2) is 0 Å². The van der Waals surface area contributed by atoms with Gasteiger partial charge < -0.3 is 20.6 Å². The topological polar surface area (TPSA) is 89.8 Å². The van der Waals surface area contributed by atoms with Gasteiger partial charge in [-0.05, 0) is 25.1 Å². The van der Waals surface area contributed by atoms with Crippen molar-refractivity contribution in [2.45, 2.75) is 13.0 Å². The first kappa shape index (κ1) is 12.8. The number of amides is 1. The van der Waals surface area contributed by atoms with E-state index in [9.17, 15) is 9.59 Å². The third kappa shape index (κ3) is 2.96. The lowest BCUT2D eigenvalue weighted by atomic mass is 10.2. The Balaban J connectivity index is 2.10. The average Bonchev–Trinajstić information content (AvgIpc) is 2.75. The molecule has 1 atom stereocenters. The van der Waals surface area contributed by atoms with E-state index in [0.717, 1.165) is 11.2 Å². The van der Waals surface area contributed by atoms with E-state index in [1.807, 2.05) is 0 Å². The van der Waals surface area contributed by atoms with Gasteiger partial charge in [-0.1, -0.05) is 5.92 Å². The van der Waals surface area contributed by atoms with Crippen LogP contribution in [0.25, 0.3) is 11.0 Å². The summed E-state index contributed by atoms with van der Waals surface area (Å²) in [4.78, 5) is 28.1. The second kappa shape index (κ2) is 5.31. The zero-order chi connectivity index (χ0) is 13.8. The van der Waals surface area contributed by atoms with Crippen molar-refractivity contribution in [3.05, 3.63) is 28.7 Å². The van der Waals surface area contributed by atoms with Gasteiger partial charge in [0.05, 0.1) is 17.6 Å². The third-order valence-corrected chi connectivity index (χ3v) is 2.66. The van der Waals surface area contributed by atoms with Crippen LogP contribution >= 0.6 is 0 Å². The Morgan fingerprint density at radius 1 is 1.42 bits per heavy atom. The Morgan fingerprint density at radius 2 is 2.16 bits per heavy atom. The molecule has 6 nitrogen and oxygen atoms in total. The Kier molecular flexibility index (Phi) is 3.57. The van der Waals surface area contributed by atoms with E-state index in [4.69, 9.17) is 6.42 Å². The maximum Gasteiger partial charge on any atom is 0.323 e. The Bertz CT molecular complexity index is 692. The van der Waals surface area contributed by atoms with Crippen LogP contribution in [0.5, 0.6) is 0 Å². The van der Waals surface area contributed by atoms with Crippen molar-refractivity contribution >= 4 is 22.6 Å². The molecule has 0 saturated heterocycles. The van der Waals surface area contributed by atoms with E-state index in [2.05, 4.69) is 26.5 Å². The first-order valence-corrected chi connectivity index (χ1v) is 5.80. The lowest BCUT2D eigenvalue weighted by Gasteiger charge is -2.14. The van der Waals surface area contributed by atoms with Crippen LogP contribution in [0.4, 0.5) is 5.69 Å². The van der Waals surface area contributed by atoms with Crippen molar-refractivity contribution in [1.82, 2.24) is 15.3 Å². The van der Waals surface area contributed by atoms with Crippen molar-refractivity contribution in [3.63, 3.8) is 0 Å². The highest BCUT2D eigenvalue weighted by Crippen LogP contribution is 2.15. The van der Waals surface area contributed by atoms with E-state index in [0.29, 0.717) is 5.52 Å². The minimum Gasteiger partial charge on any atom is -0.374 e. The first-order chi connectivity index (χ1) is 9.10. The van der Waals surface area contributed by atoms with Crippen LogP contribution in [-0.4, -0.2) is 28.5 Å². The van der Waals surface area contributed by atoms with Gasteiger partial charge in [-0.2, -0.15) is 0 Å². The number of H-pyrrole nitrogens is 2. The molecule has 1 amide bonds. The van der Waals surface area contributed by atoms with Crippen molar-refractivity contribution in [3.8, 4) is 12.3 Å². The summed E-state index contributed by atoms with van der Waals surface area (Å²) in [6, 6.07) is 4.90. The number of benzene rings is 1. The van der Waals surface area contributed by atoms with Gasteiger partial charge in [0.25, 0.3) is 0 Å². The van der Waals surface area contributed by atoms with Gasteiger partial charge in [0.2, 0.25) is 5.91 Å². The average molecular weight is 258 g/mol. The van der Waals surface area contributed by atoms with Crippen LogP contribution < -0.4 is 16.3 Å². The first-order valence-electron chi connectivity index (χ1n) is 5.80. The molecule has 0 aliphatic rings. The van der Waals surface area contributed by atoms with Crippen LogP contribution in [0.3, 0.4) is 0 Å². The molecule has 0 unspecified atom stereocenters. The number of hydrogen-bond acceptors (Lipinski definition) is 3. The van der Waals surface area contributed by atoms with Gasteiger partial charge in [-0.25, -0.2) is 4.79 Å². The predicted molar refractivity (Wildman–Crippen MR) is 73.8 cm³/mol. The number of terminal acetylenes is 1. The Labute approximate surface area is 109 Å². The molecule has 0 bridgehead atoms. The van der Waals surface area contributed by atoms with E-state index in [-0.39, 0.29) is 18.1 Å². The molecule has 98 valence electrons. The molecule has 2 rings (SSSR count). The molecule has 0 radical (unpaired) electrons. The van der Waals surface area contributed by atoms with E-state index in [1.54, 1.807) is 25.1 Å². The molecule has 19 heavy (non-hydrogen) atoms. The normalized spacial score (nSPS) is 11.8. The van der Waals surface area contributed by atoms with Crippen LogP contribution in [0.2, 0.25) is 0 Å². The molecule has 1 aromatic carbocycles. The molecular weight excluding hydrogens is 244 g/mol. The molecule has 1 heterocycles. The van der Waals surface area contributed by atoms with Crippen molar-refractivity contribution in [2.75, 3.05) is 11.9 Å². The minimum absolute atomic E-state index is 0.180. The molecule has 0 aliphatic heterocycles. The molecule has 4 N–H and O–H groups in total. The third-order valence-electron chi connectivity index (χ3n) is 2.66. The monoisotopic (exact) mass is 258 g/mol. The van der Waals surface area contributed by atoms with Gasteiger partial charge >= 0.3 is 5.69 Å². The maximum atomic E-state index is 11.6. The second-order valence-electron chi connectivity index (χ2n) is 4.13. The highest BCUT2D eigenvalue weighted by atomic mass is 16.2. The fourth-order valence-electron chi connectivity index (χ4n) is 1.73. The number of aromatic amines is 2. The van der Waals surface area contributed by atoms with Gasteiger partial charge in [-0.3, -0.25) is 4.79 Å². The smallest absolute Gasteiger partial charge is 0.323 e. The summed E-state index contributed by atoms with van der Waals surface area (Å²) in [6.07, 6.45) is 5.07. The van der Waals surface area contributed by atoms with Crippen LogP contribution in [0.15, 0.2) is 23.0 Å². The summed E-state index contributed by atoms with van der Waals surface area (Å²) < 4.78 is 0. The minimum atomic E-state index is -0.420. The fourth-order valence-corrected chi connectivity index (χ4v) is 1.73. The summed E-state index contributed by atoms with van der Waals surface area (Å²) in [5.41, 5.74) is 1.89. The standard InChI is InChI=1S/C13H14N4O2/c1-3-6-14-12(18)8(2)15-9-4-5-10-11(7-9)17-13(19)16-10/h1,4-5,7-8,15H,6H2,2H3,(H,14,18)(H2,16,17,19)/t8-/m1/s1. The molecule has 2 aromatic rings. The largest absolute Gasteiger partial charge is 0.374 e. The highest BCUT2D eigenvalue weighted by molar-refractivity contribution is 5.85. The van der Waals surface area contributed by atoms with E-state index < -0.39 is 6.04 Å². The van der Waals surface area contributed by atoms with Crippen molar-refractivity contribution in [2.24, 2.45) is 0 Å². The highest BCUT2D eigenvalue weighted by Gasteiger charge is 2.11. The number of carbonyl (C=O) groups excluding carboxylic acids is 1. The zero-order valence-electron chi connectivity index (χ0n) is 10.4. The SMILES string of the molecule is C#CCNC(=O)[C@@H](C)Nc1ccc2[nH]c(=O)[nH]c2c1. The number of carbonyl (C=O) groups is 1. The van der Waals surface area contributed by atoms with Crippen molar-refractivity contribution < 1.29 is 4.79 Å². The number of fused-ring (bicyclic) bond motifs is 1. The zero-order valence-corrected chi connectivity index (χ0v) is 10.4. The number of hydrogen-bond donors (Lipinski definition) is 4. The van der Waals surface area contributed by atoms with Crippen LogP contribution in [0.1, 0.15) is 6.92 Å². The quantitative estimate of drug-likeness (QED) is 0.599. The summed E-state index contributed by atoms with van der Waals surface area (Å²) >= 11 is 0. The number of nitrogens with one attached hydrogen (secondary N) is 4. The lowest BCUT2D eigenvalue weighted by Crippen LogP contribution is -2.37. The van der Waals surface area contributed by atoms with Gasteiger partial charge in [0.1, 0.15) is 6.04 Å².